The van der Waals surface area contributed by atoms with Crippen LogP contribution in [-0.4, -0.2) is 51.3 Å². The molecule has 1 aromatic carbocycles. The molecular formula is C19H29ClN2O5S. The Labute approximate surface area is 172 Å². The number of halogens is 1. The Kier molecular flexibility index (Phi) is 9.39. The molecule has 0 bridgehead atoms. The molecular weight excluding hydrogens is 404 g/mol. The van der Waals surface area contributed by atoms with E-state index in [-0.39, 0.29) is 21.5 Å². The monoisotopic (exact) mass is 432 g/mol. The number of hydrogen-bond acceptors (Lipinski definition) is 5. The first-order valence-corrected chi connectivity index (χ1v) is 11.0. The van der Waals surface area contributed by atoms with Crippen LogP contribution in [0.3, 0.4) is 0 Å². The van der Waals surface area contributed by atoms with Gasteiger partial charge in [0.05, 0.1) is 10.6 Å². The van der Waals surface area contributed by atoms with Crippen LogP contribution in [0, 0.1) is 5.92 Å². The number of esters is 1. The second kappa shape index (κ2) is 10.8. The molecule has 1 aromatic rings. The number of carbonyl (C=O) groups is 2. The summed E-state index contributed by atoms with van der Waals surface area (Å²) >= 11 is 5.95. The fraction of sp³-hybridized carbons (Fsp3) is 0.579. The van der Waals surface area contributed by atoms with Gasteiger partial charge in [0.25, 0.3) is 5.91 Å². The fourth-order valence-corrected chi connectivity index (χ4v) is 3.85. The largest absolute Gasteiger partial charge is 0.452 e. The second-order valence-electron chi connectivity index (χ2n) is 7.30. The zero-order valence-corrected chi connectivity index (χ0v) is 18.6. The quantitative estimate of drug-likeness (QED) is 0.573. The van der Waals surface area contributed by atoms with Crippen LogP contribution in [0.1, 0.15) is 50.4 Å². The molecule has 1 rings (SSSR count). The Morgan fingerprint density at radius 3 is 2.39 bits per heavy atom. The topological polar surface area (TPSA) is 92.8 Å². The summed E-state index contributed by atoms with van der Waals surface area (Å²) in [5.74, 6) is -0.584. The van der Waals surface area contributed by atoms with Crippen molar-refractivity contribution < 1.29 is 22.7 Å². The maximum atomic E-state index is 12.3. The van der Waals surface area contributed by atoms with Crippen LogP contribution < -0.4 is 5.32 Å². The zero-order valence-electron chi connectivity index (χ0n) is 17.0. The molecule has 1 N–H and O–H groups in total. The maximum absolute atomic E-state index is 12.3. The van der Waals surface area contributed by atoms with Gasteiger partial charge in [-0.05, 0) is 37.5 Å². The number of sulfonamides is 1. The Morgan fingerprint density at radius 1 is 1.18 bits per heavy atom. The normalized spacial score (nSPS) is 12.9. The molecule has 0 heterocycles. The van der Waals surface area contributed by atoms with Crippen LogP contribution in [0.4, 0.5) is 0 Å². The third-order valence-corrected chi connectivity index (χ3v) is 6.38. The molecule has 0 fully saturated rings. The first kappa shape index (κ1) is 24.4. The Balaban J connectivity index is 2.65. The van der Waals surface area contributed by atoms with E-state index in [9.17, 15) is 18.0 Å². The summed E-state index contributed by atoms with van der Waals surface area (Å²) in [6.07, 6.45) is 2.94. The third-order valence-electron chi connectivity index (χ3n) is 4.09. The first-order chi connectivity index (χ1) is 12.9. The van der Waals surface area contributed by atoms with E-state index in [1.54, 1.807) is 0 Å². The van der Waals surface area contributed by atoms with Gasteiger partial charge in [-0.25, -0.2) is 17.5 Å². The standard InChI is InChI=1S/C19H29ClN2O5S/c1-13(2)7-6-8-14(3)21-18(23)12-27-19(24)15-9-10-16(20)17(11-15)28(25,26)22(4)5/h9-11,13-14H,6-8,12H2,1-5H3,(H,21,23)/t14-/m1/s1. The lowest BCUT2D eigenvalue weighted by atomic mass is 10.0. The molecule has 1 amide bonds. The van der Waals surface area contributed by atoms with Gasteiger partial charge in [-0.1, -0.05) is 38.3 Å². The van der Waals surface area contributed by atoms with Crippen LogP contribution in [0.5, 0.6) is 0 Å². The molecule has 0 radical (unpaired) electrons. The molecule has 0 aliphatic rings. The lowest BCUT2D eigenvalue weighted by Crippen LogP contribution is -2.35. The van der Waals surface area contributed by atoms with Gasteiger partial charge in [0.1, 0.15) is 4.90 Å². The molecule has 9 heteroatoms. The average Bonchev–Trinajstić information content (AvgIpc) is 2.59. The summed E-state index contributed by atoms with van der Waals surface area (Å²) < 4.78 is 30.5. The summed E-state index contributed by atoms with van der Waals surface area (Å²) in [4.78, 5) is 23.9. The van der Waals surface area contributed by atoms with E-state index < -0.39 is 28.5 Å². The summed E-state index contributed by atoms with van der Waals surface area (Å²) in [5, 5.41) is 2.78. The lowest BCUT2D eigenvalue weighted by molar-refractivity contribution is -0.124. The van der Waals surface area contributed by atoms with Crippen LogP contribution in [0.15, 0.2) is 23.1 Å². The summed E-state index contributed by atoms with van der Waals surface area (Å²) in [6.45, 7) is 5.76. The minimum Gasteiger partial charge on any atom is -0.452 e. The lowest BCUT2D eigenvalue weighted by Gasteiger charge is -2.15. The molecule has 28 heavy (non-hydrogen) atoms. The molecule has 0 unspecified atom stereocenters. The predicted molar refractivity (Wildman–Crippen MR) is 109 cm³/mol. The number of benzene rings is 1. The van der Waals surface area contributed by atoms with Gasteiger partial charge in [0.15, 0.2) is 6.61 Å². The van der Waals surface area contributed by atoms with E-state index in [1.807, 2.05) is 6.92 Å². The van der Waals surface area contributed by atoms with Crippen molar-refractivity contribution >= 4 is 33.5 Å². The summed E-state index contributed by atoms with van der Waals surface area (Å²) in [5.41, 5.74) is 0.00241. The van der Waals surface area contributed by atoms with Gasteiger partial charge < -0.3 is 10.1 Å². The number of carbonyl (C=O) groups excluding carboxylic acids is 2. The Hall–Kier alpha value is -1.64. The first-order valence-electron chi connectivity index (χ1n) is 9.13. The summed E-state index contributed by atoms with van der Waals surface area (Å²) in [6, 6.07) is 3.79. The van der Waals surface area contributed by atoms with Crippen LogP contribution in [0.25, 0.3) is 0 Å². The van der Waals surface area contributed by atoms with Crippen LogP contribution >= 0.6 is 11.6 Å². The van der Waals surface area contributed by atoms with Gasteiger partial charge in [-0.3, -0.25) is 4.79 Å². The molecule has 0 aromatic heterocycles. The third kappa shape index (κ3) is 7.41. The smallest absolute Gasteiger partial charge is 0.338 e. The number of rotatable bonds is 10. The number of nitrogens with one attached hydrogen (secondary N) is 1. The van der Waals surface area contributed by atoms with Gasteiger partial charge in [-0.15, -0.1) is 0 Å². The number of amides is 1. The van der Waals surface area contributed by atoms with Gasteiger partial charge >= 0.3 is 5.97 Å². The highest BCUT2D eigenvalue weighted by molar-refractivity contribution is 7.89. The van der Waals surface area contributed by atoms with Crippen molar-refractivity contribution in [3.05, 3.63) is 28.8 Å². The molecule has 158 valence electrons. The highest BCUT2D eigenvalue weighted by Crippen LogP contribution is 2.25. The Bertz CT molecular complexity index is 794. The van der Waals surface area contributed by atoms with E-state index in [0.717, 1.165) is 29.6 Å². The SMILES string of the molecule is CC(C)CCC[C@@H](C)NC(=O)COC(=O)c1ccc(Cl)c(S(=O)(=O)N(C)C)c1. The minimum atomic E-state index is -3.81. The Morgan fingerprint density at radius 2 is 1.82 bits per heavy atom. The van der Waals surface area contributed by atoms with Crippen LogP contribution in [-0.2, 0) is 19.6 Å². The molecule has 0 aliphatic carbocycles. The van der Waals surface area contributed by atoms with Crippen molar-refractivity contribution in [2.75, 3.05) is 20.7 Å². The number of nitrogens with zero attached hydrogens (tertiary/aromatic N) is 1. The predicted octanol–water partition coefficient (Wildman–Crippen LogP) is 3.08. The van der Waals surface area contributed by atoms with Crippen molar-refractivity contribution in [2.24, 2.45) is 5.92 Å². The van der Waals surface area contributed by atoms with E-state index in [0.29, 0.717) is 5.92 Å². The van der Waals surface area contributed by atoms with Gasteiger partial charge in [0.2, 0.25) is 10.0 Å². The van der Waals surface area contributed by atoms with E-state index >= 15 is 0 Å². The van der Waals surface area contributed by atoms with Crippen molar-refractivity contribution in [3.63, 3.8) is 0 Å². The van der Waals surface area contributed by atoms with E-state index in [1.165, 1.54) is 26.2 Å². The minimum absolute atomic E-state index is 0.00165. The molecule has 0 saturated carbocycles. The molecule has 0 spiro atoms. The van der Waals surface area contributed by atoms with Gasteiger partial charge in [-0.2, -0.15) is 0 Å². The summed E-state index contributed by atoms with van der Waals surface area (Å²) in [7, 11) is -1.08. The molecule has 7 nitrogen and oxygen atoms in total. The second-order valence-corrected chi connectivity index (χ2v) is 9.83. The zero-order chi connectivity index (χ0) is 21.5. The number of ether oxygens (including phenoxy) is 1. The van der Waals surface area contributed by atoms with Crippen molar-refractivity contribution in [1.29, 1.82) is 0 Å². The van der Waals surface area contributed by atoms with Gasteiger partial charge in [0, 0.05) is 20.1 Å². The molecule has 0 aliphatic heterocycles. The van der Waals surface area contributed by atoms with Crippen molar-refractivity contribution in [1.82, 2.24) is 9.62 Å². The molecule has 1 atom stereocenters. The van der Waals surface area contributed by atoms with E-state index in [2.05, 4.69) is 19.2 Å². The average molecular weight is 433 g/mol. The van der Waals surface area contributed by atoms with Crippen LogP contribution in [0.2, 0.25) is 5.02 Å². The molecule has 0 saturated heterocycles. The maximum Gasteiger partial charge on any atom is 0.338 e. The number of hydrogen-bond donors (Lipinski definition) is 1. The fourth-order valence-electron chi connectivity index (χ4n) is 2.46. The highest BCUT2D eigenvalue weighted by atomic mass is 35.5. The van der Waals surface area contributed by atoms with Crippen molar-refractivity contribution in [2.45, 2.75) is 51.0 Å². The van der Waals surface area contributed by atoms with Crippen molar-refractivity contribution in [3.8, 4) is 0 Å². The highest BCUT2D eigenvalue weighted by Gasteiger charge is 2.23. The van der Waals surface area contributed by atoms with E-state index in [4.69, 9.17) is 16.3 Å².